The van der Waals surface area contributed by atoms with Crippen LogP contribution in [-0.2, 0) is 0 Å². The third kappa shape index (κ3) is 5.18. The van der Waals surface area contributed by atoms with Gasteiger partial charge in [0.05, 0.1) is 12.3 Å². The number of carbonyl (C=O) groups is 2. The van der Waals surface area contributed by atoms with Crippen LogP contribution in [-0.4, -0.2) is 25.0 Å². The number of amides is 3. The minimum absolute atomic E-state index is 0.156. The number of hydrogen-bond acceptors (Lipinski definition) is 3. The summed E-state index contributed by atoms with van der Waals surface area (Å²) >= 11 is 0. The summed E-state index contributed by atoms with van der Waals surface area (Å²) < 4.78 is 5.21. The summed E-state index contributed by atoms with van der Waals surface area (Å²) in [5.41, 5.74) is 1.71. The molecule has 1 aromatic heterocycles. The van der Waals surface area contributed by atoms with Crippen LogP contribution in [0.1, 0.15) is 34.6 Å². The molecule has 2 rings (SSSR count). The van der Waals surface area contributed by atoms with Crippen LogP contribution in [0.15, 0.2) is 47.1 Å². The summed E-state index contributed by atoms with van der Waals surface area (Å²) in [5.74, 6) is 0.531. The summed E-state index contributed by atoms with van der Waals surface area (Å²) in [4.78, 5) is 23.6. The van der Waals surface area contributed by atoms with Crippen molar-refractivity contribution in [2.24, 2.45) is 0 Å². The van der Waals surface area contributed by atoms with E-state index in [1.807, 2.05) is 26.0 Å². The van der Waals surface area contributed by atoms with Crippen molar-refractivity contribution >= 4 is 11.9 Å². The summed E-state index contributed by atoms with van der Waals surface area (Å²) in [7, 11) is 0. The predicted octanol–water partition coefficient (Wildman–Crippen LogP) is 2.38. The molecule has 1 aromatic carbocycles. The second kappa shape index (κ2) is 8.03. The topological polar surface area (TPSA) is 83.4 Å². The highest BCUT2D eigenvalue weighted by molar-refractivity contribution is 5.94. The van der Waals surface area contributed by atoms with Gasteiger partial charge in [0.2, 0.25) is 0 Å². The average Bonchev–Trinajstić information content (AvgIpc) is 3.06. The smallest absolute Gasteiger partial charge is 0.315 e. The first kappa shape index (κ1) is 16.6. The average molecular weight is 315 g/mol. The molecule has 1 atom stereocenters. The molecule has 3 amide bonds. The molecule has 6 heteroatoms. The molecule has 0 saturated carbocycles. The maximum Gasteiger partial charge on any atom is 0.315 e. The molecule has 1 heterocycles. The van der Waals surface area contributed by atoms with Gasteiger partial charge in [-0.1, -0.05) is 17.7 Å². The number of nitrogens with one attached hydrogen (secondary N) is 3. The van der Waals surface area contributed by atoms with Gasteiger partial charge in [0, 0.05) is 18.7 Å². The first-order valence-electron chi connectivity index (χ1n) is 7.49. The van der Waals surface area contributed by atoms with Gasteiger partial charge in [-0.15, -0.1) is 0 Å². The normalized spacial score (nSPS) is 11.6. The van der Waals surface area contributed by atoms with E-state index in [4.69, 9.17) is 4.42 Å². The van der Waals surface area contributed by atoms with Crippen molar-refractivity contribution in [1.82, 2.24) is 16.0 Å². The Morgan fingerprint density at radius 3 is 2.43 bits per heavy atom. The van der Waals surface area contributed by atoms with E-state index in [0.29, 0.717) is 24.4 Å². The zero-order valence-electron chi connectivity index (χ0n) is 13.3. The molecular formula is C17H21N3O3. The van der Waals surface area contributed by atoms with Crippen molar-refractivity contribution in [3.63, 3.8) is 0 Å². The highest BCUT2D eigenvalue weighted by Crippen LogP contribution is 2.11. The lowest BCUT2D eigenvalue weighted by Crippen LogP contribution is -2.41. The van der Waals surface area contributed by atoms with Gasteiger partial charge in [-0.2, -0.15) is 0 Å². The molecule has 2 aromatic rings. The Bertz CT molecular complexity index is 636. The second-order valence-electron chi connectivity index (χ2n) is 5.26. The van der Waals surface area contributed by atoms with E-state index < -0.39 is 0 Å². The summed E-state index contributed by atoms with van der Waals surface area (Å²) in [5, 5.41) is 8.19. The van der Waals surface area contributed by atoms with Crippen molar-refractivity contribution in [3.8, 4) is 0 Å². The minimum atomic E-state index is -0.307. The molecule has 0 spiro atoms. The zero-order valence-corrected chi connectivity index (χ0v) is 13.3. The third-order valence-corrected chi connectivity index (χ3v) is 3.33. The molecule has 0 aliphatic rings. The SMILES string of the molecule is Cc1ccc(C(=O)NCCNC(=O)NC(C)c2ccco2)cc1. The first-order valence-corrected chi connectivity index (χ1v) is 7.49. The third-order valence-electron chi connectivity index (χ3n) is 3.33. The molecule has 0 bridgehead atoms. The van der Waals surface area contributed by atoms with Crippen LogP contribution in [0.5, 0.6) is 0 Å². The van der Waals surface area contributed by atoms with Gasteiger partial charge < -0.3 is 20.4 Å². The van der Waals surface area contributed by atoms with E-state index in [-0.39, 0.29) is 18.0 Å². The van der Waals surface area contributed by atoms with Crippen LogP contribution >= 0.6 is 0 Å². The van der Waals surface area contributed by atoms with Gasteiger partial charge in [0.1, 0.15) is 5.76 Å². The summed E-state index contributed by atoms with van der Waals surface area (Å²) in [6.07, 6.45) is 1.56. The second-order valence-corrected chi connectivity index (χ2v) is 5.26. The molecule has 6 nitrogen and oxygen atoms in total. The number of carbonyl (C=O) groups excluding carboxylic acids is 2. The number of benzene rings is 1. The lowest BCUT2D eigenvalue weighted by molar-refractivity contribution is 0.0954. The van der Waals surface area contributed by atoms with E-state index in [1.165, 1.54) is 0 Å². The van der Waals surface area contributed by atoms with Gasteiger partial charge in [-0.25, -0.2) is 4.79 Å². The number of urea groups is 1. The minimum Gasteiger partial charge on any atom is -0.467 e. The molecule has 0 saturated heterocycles. The summed E-state index contributed by atoms with van der Waals surface area (Å²) in [6, 6.07) is 10.4. The monoisotopic (exact) mass is 315 g/mol. The highest BCUT2D eigenvalue weighted by atomic mass is 16.3. The number of aryl methyl sites for hydroxylation is 1. The van der Waals surface area contributed by atoms with Crippen LogP contribution in [0.25, 0.3) is 0 Å². The van der Waals surface area contributed by atoms with Crippen molar-refractivity contribution in [2.75, 3.05) is 13.1 Å². The predicted molar refractivity (Wildman–Crippen MR) is 87.2 cm³/mol. The van der Waals surface area contributed by atoms with Crippen LogP contribution in [0.4, 0.5) is 4.79 Å². The first-order chi connectivity index (χ1) is 11.1. The van der Waals surface area contributed by atoms with Crippen LogP contribution in [0, 0.1) is 6.92 Å². The van der Waals surface area contributed by atoms with Gasteiger partial charge in [-0.3, -0.25) is 4.79 Å². The Kier molecular flexibility index (Phi) is 5.80. The molecule has 3 N–H and O–H groups in total. The standard InChI is InChI=1S/C17H21N3O3/c1-12-5-7-14(8-6-12)16(21)18-9-10-19-17(22)20-13(2)15-4-3-11-23-15/h3-8,11,13H,9-10H2,1-2H3,(H,18,21)(H2,19,20,22). The van der Waals surface area contributed by atoms with E-state index in [9.17, 15) is 9.59 Å². The van der Waals surface area contributed by atoms with Crippen molar-refractivity contribution < 1.29 is 14.0 Å². The molecule has 1 unspecified atom stereocenters. The van der Waals surface area contributed by atoms with Gasteiger partial charge >= 0.3 is 6.03 Å². The fourth-order valence-electron chi connectivity index (χ4n) is 2.02. The van der Waals surface area contributed by atoms with E-state index in [0.717, 1.165) is 5.56 Å². The number of hydrogen-bond donors (Lipinski definition) is 3. The quantitative estimate of drug-likeness (QED) is 0.716. The van der Waals surface area contributed by atoms with Crippen LogP contribution < -0.4 is 16.0 Å². The zero-order chi connectivity index (χ0) is 16.7. The number of rotatable bonds is 6. The molecular weight excluding hydrogens is 294 g/mol. The van der Waals surface area contributed by atoms with Gasteiger partial charge in [0.25, 0.3) is 5.91 Å². The fraction of sp³-hybridized carbons (Fsp3) is 0.294. The maximum absolute atomic E-state index is 11.9. The molecule has 0 fully saturated rings. The van der Waals surface area contributed by atoms with Crippen LogP contribution in [0.2, 0.25) is 0 Å². The van der Waals surface area contributed by atoms with E-state index in [2.05, 4.69) is 16.0 Å². The highest BCUT2D eigenvalue weighted by Gasteiger charge is 2.11. The van der Waals surface area contributed by atoms with Crippen molar-refractivity contribution in [3.05, 3.63) is 59.5 Å². The Morgan fingerprint density at radius 2 is 1.78 bits per heavy atom. The Hall–Kier alpha value is -2.76. The maximum atomic E-state index is 11.9. The molecule has 122 valence electrons. The lowest BCUT2D eigenvalue weighted by Gasteiger charge is -2.12. The van der Waals surface area contributed by atoms with Crippen molar-refractivity contribution in [2.45, 2.75) is 19.9 Å². The van der Waals surface area contributed by atoms with E-state index in [1.54, 1.807) is 30.5 Å². The Morgan fingerprint density at radius 1 is 1.09 bits per heavy atom. The van der Waals surface area contributed by atoms with E-state index >= 15 is 0 Å². The van der Waals surface area contributed by atoms with Crippen molar-refractivity contribution in [1.29, 1.82) is 0 Å². The fourth-order valence-corrected chi connectivity index (χ4v) is 2.02. The Labute approximate surface area is 135 Å². The van der Waals surface area contributed by atoms with Crippen LogP contribution in [0.3, 0.4) is 0 Å². The lowest BCUT2D eigenvalue weighted by atomic mass is 10.1. The van der Waals surface area contributed by atoms with Gasteiger partial charge in [0.15, 0.2) is 0 Å². The Balaban J connectivity index is 1.65. The summed E-state index contributed by atoms with van der Waals surface area (Å²) in [6.45, 7) is 4.50. The molecule has 0 aliphatic carbocycles. The molecule has 0 radical (unpaired) electrons. The van der Waals surface area contributed by atoms with Gasteiger partial charge in [-0.05, 0) is 38.1 Å². The number of furan rings is 1. The molecule has 0 aliphatic heterocycles. The largest absolute Gasteiger partial charge is 0.467 e. The molecule has 23 heavy (non-hydrogen) atoms.